The Hall–Kier alpha value is -2.64. The van der Waals surface area contributed by atoms with Gasteiger partial charge in [-0.25, -0.2) is 0 Å². The van der Waals surface area contributed by atoms with Crippen LogP contribution < -0.4 is 25.9 Å². The van der Waals surface area contributed by atoms with Crippen LogP contribution in [-0.4, -0.2) is 89.8 Å². The lowest BCUT2D eigenvalue weighted by molar-refractivity contribution is 0.0454. The zero-order valence-electron chi connectivity index (χ0n) is 29.7. The van der Waals surface area contributed by atoms with E-state index in [2.05, 4.69) is 0 Å². The molecule has 6 unspecified atom stereocenters. The highest BCUT2D eigenvalue weighted by Crippen LogP contribution is 2.42. The lowest BCUT2D eigenvalue weighted by Gasteiger charge is -2.55. The minimum absolute atomic E-state index is 0.134. The Kier molecular flexibility index (Phi) is 10.5. The van der Waals surface area contributed by atoms with Gasteiger partial charge < -0.3 is 50.7 Å². The van der Waals surface area contributed by atoms with Crippen LogP contribution in [0.2, 0.25) is 12.6 Å². The second-order valence-corrected chi connectivity index (χ2v) is 33.8. The molecule has 55 heavy (non-hydrogen) atoms. The molecule has 20 heteroatoms. The molecule has 6 atom stereocenters. The first-order chi connectivity index (χ1) is 26.8. The van der Waals surface area contributed by atoms with Crippen LogP contribution in [0.5, 0.6) is 0 Å². The summed E-state index contributed by atoms with van der Waals surface area (Å²) in [6.45, 7) is 1.87. The molecule has 0 spiro atoms. The summed E-state index contributed by atoms with van der Waals surface area (Å²) in [5.74, 6) is 0. The summed E-state index contributed by atoms with van der Waals surface area (Å²) < 4.78 is 81.8. The van der Waals surface area contributed by atoms with E-state index in [1.165, 1.54) is 0 Å². The Balaban J connectivity index is 1.42. The first-order valence-corrected chi connectivity index (χ1v) is 31.4. The second-order valence-electron chi connectivity index (χ2n) is 13.2. The lowest BCUT2D eigenvalue weighted by Crippen LogP contribution is -2.87. The maximum Gasteiger partial charge on any atom is 0.522 e. The molecule has 0 aromatic heterocycles. The van der Waals surface area contributed by atoms with Gasteiger partial charge in [-0.2, -0.15) is 0 Å². The smallest absolute Gasteiger partial charge is 0.410 e. The van der Waals surface area contributed by atoms with Crippen molar-refractivity contribution in [1.29, 1.82) is 0 Å². The van der Waals surface area contributed by atoms with Crippen LogP contribution in [-0.2, 0) is 45.6 Å². The van der Waals surface area contributed by atoms with Crippen LogP contribution in [0.15, 0.2) is 152 Å². The maximum absolute atomic E-state index is 10.3. The van der Waals surface area contributed by atoms with Crippen molar-refractivity contribution in [2.24, 2.45) is 0 Å². The summed E-state index contributed by atoms with van der Waals surface area (Å²) in [7, 11) is -28.4. The molecule has 9 rings (SSSR count). The fourth-order valence-corrected chi connectivity index (χ4v) is 43.1. The van der Waals surface area contributed by atoms with Gasteiger partial charge in [-0.3, -0.25) is 0 Å². The van der Waals surface area contributed by atoms with Crippen molar-refractivity contribution in [1.82, 2.24) is 0 Å². The lowest BCUT2D eigenvalue weighted by atomic mass is 10.4. The van der Waals surface area contributed by atoms with E-state index in [0.717, 1.165) is 0 Å². The molecule has 6 bridgehead atoms. The van der Waals surface area contributed by atoms with E-state index in [4.69, 9.17) is 45.6 Å². The van der Waals surface area contributed by atoms with Crippen LogP contribution >= 0.6 is 0 Å². The number of hydrogen-bond acceptors (Lipinski definition) is 12. The summed E-state index contributed by atoms with van der Waals surface area (Å²) in [5, 5.41) is 13.5. The number of aliphatic hydroxyl groups excluding tert-OH is 1. The van der Waals surface area contributed by atoms with Crippen LogP contribution in [0, 0.1) is 0 Å². The molecule has 12 nitrogen and oxygen atoms in total. The zero-order chi connectivity index (χ0) is 37.5. The molecule has 281 valence electrons. The van der Waals surface area contributed by atoms with Gasteiger partial charge in [0.15, 0.2) is 0 Å². The first-order valence-electron chi connectivity index (χ1n) is 17.9. The van der Waals surface area contributed by atoms with Gasteiger partial charge in [0.2, 0.25) is 9.04 Å². The fraction of sp³-hybridized carbons (Fsp3) is 0.143. The molecule has 4 heterocycles. The zero-order valence-corrected chi connectivity index (χ0v) is 37.7. The monoisotopic (exact) mass is 873 g/mol. The van der Waals surface area contributed by atoms with Gasteiger partial charge in [-0.05, 0) is 13.0 Å². The fourth-order valence-electron chi connectivity index (χ4n) is 6.85. The average Bonchev–Trinajstić information content (AvgIpc) is 3.27. The first kappa shape index (κ1) is 37.9. The number of hydrogen-bond donors (Lipinski definition) is 1. The third kappa shape index (κ3) is 7.03. The third-order valence-corrected chi connectivity index (χ3v) is 37.7. The van der Waals surface area contributed by atoms with Crippen molar-refractivity contribution in [3.05, 3.63) is 152 Å². The van der Waals surface area contributed by atoms with Crippen LogP contribution in [0.4, 0.5) is 0 Å². The normalized spacial score (nSPS) is 33.6. The highest BCUT2D eigenvalue weighted by atomic mass is 28.6. The SMILES string of the molecule is C[Si]1CO[Si]2(c3ccccc3)O[Si]3(CCCO)O[Si]O[Si]4(c5ccccc5)O[Si](c5ccccc5)(O1)O[Si](c1ccccc1)(O2)O[Si](c1ccccc1)(O3)O4. The third-order valence-electron chi connectivity index (χ3n) is 9.35. The van der Waals surface area contributed by atoms with E-state index < -0.39 is 71.9 Å². The van der Waals surface area contributed by atoms with Gasteiger partial charge in [-0.15, -0.1) is 0 Å². The van der Waals surface area contributed by atoms with E-state index in [0.29, 0.717) is 32.4 Å². The number of benzene rings is 5. The standard InChI is InChI=1S/C35H37O12Si8/c1-49-30-37-51(31-18-7-2-8-19-31)41-50(29-17-28-36)38-48-39-52(32-20-9-3-10-21-32)44-53(40-49,33-22-11-4-12-23-33)46-55(43-51,35-26-15-6-16-27-35)47-54(42-50,45-52)34-24-13-5-14-25-34/h2-16,18-27,36H,17,28-30H2,1H3. The summed E-state index contributed by atoms with van der Waals surface area (Å²) in [4.78, 5) is 0. The molecule has 0 saturated carbocycles. The largest absolute Gasteiger partial charge is 0.522 e. The predicted octanol–water partition coefficient (Wildman–Crippen LogP) is 1.47. The molecule has 4 fully saturated rings. The van der Waals surface area contributed by atoms with Crippen molar-refractivity contribution < 1.29 is 50.7 Å². The molecule has 1 N–H and O–H groups in total. The highest BCUT2D eigenvalue weighted by molar-refractivity contribution is 7.07. The van der Waals surface area contributed by atoms with E-state index in [-0.39, 0.29) is 18.9 Å². The van der Waals surface area contributed by atoms with Crippen molar-refractivity contribution in [3.63, 3.8) is 0 Å². The van der Waals surface area contributed by atoms with Gasteiger partial charge in [0.25, 0.3) is 0 Å². The number of fused-ring (bicyclic) bond motifs is 4. The van der Waals surface area contributed by atoms with Crippen LogP contribution in [0.3, 0.4) is 0 Å². The Morgan fingerprint density at radius 3 is 1.40 bits per heavy atom. The Bertz CT molecular complexity index is 2080. The summed E-state index contributed by atoms with van der Waals surface area (Å²) in [5.41, 5.74) is 0. The molecular formula is C35H37O12Si8. The second kappa shape index (κ2) is 15.3. The molecule has 0 amide bonds. The van der Waals surface area contributed by atoms with Gasteiger partial charge in [0, 0.05) is 38.6 Å². The Labute approximate surface area is 330 Å². The molecule has 4 aliphatic rings. The van der Waals surface area contributed by atoms with Gasteiger partial charge >= 0.3 is 62.8 Å². The Morgan fingerprint density at radius 2 is 0.873 bits per heavy atom. The minimum atomic E-state index is -4.51. The molecule has 4 aliphatic heterocycles. The molecule has 0 aliphatic carbocycles. The minimum Gasteiger partial charge on any atom is -0.410 e. The topological polar surface area (TPSA) is 122 Å². The van der Waals surface area contributed by atoms with E-state index >= 15 is 0 Å². The molecule has 4 saturated heterocycles. The maximum atomic E-state index is 10.3. The van der Waals surface area contributed by atoms with Crippen molar-refractivity contribution in [3.8, 4) is 0 Å². The number of rotatable bonds is 8. The van der Waals surface area contributed by atoms with Crippen molar-refractivity contribution >= 4 is 97.8 Å². The molecule has 5 aromatic rings. The summed E-state index contributed by atoms with van der Waals surface area (Å²) in [6, 6.07) is 48.1. The van der Waals surface area contributed by atoms with E-state index in [1.54, 1.807) is 0 Å². The van der Waals surface area contributed by atoms with Gasteiger partial charge in [-0.1, -0.05) is 152 Å². The van der Waals surface area contributed by atoms with Crippen molar-refractivity contribution in [2.75, 3.05) is 12.8 Å². The quantitative estimate of drug-likeness (QED) is 0.228. The number of aliphatic hydroxyl groups is 1. The van der Waals surface area contributed by atoms with Gasteiger partial charge in [0.1, 0.15) is 0 Å². The predicted molar refractivity (Wildman–Crippen MR) is 216 cm³/mol. The molecular weight excluding hydrogens is 837 g/mol. The van der Waals surface area contributed by atoms with E-state index in [9.17, 15) is 5.11 Å². The highest BCUT2D eigenvalue weighted by Gasteiger charge is 2.78. The van der Waals surface area contributed by atoms with Crippen LogP contribution in [0.1, 0.15) is 6.42 Å². The van der Waals surface area contributed by atoms with Gasteiger partial charge in [0.05, 0.1) is 6.23 Å². The summed E-state index contributed by atoms with van der Waals surface area (Å²) in [6.07, 6.45) is 0.426. The van der Waals surface area contributed by atoms with Crippen LogP contribution in [0.25, 0.3) is 0 Å². The van der Waals surface area contributed by atoms with Crippen molar-refractivity contribution in [2.45, 2.75) is 19.0 Å². The average molecular weight is 874 g/mol. The molecule has 5 aromatic carbocycles. The Morgan fingerprint density at radius 1 is 0.491 bits per heavy atom. The van der Waals surface area contributed by atoms with E-state index in [1.807, 2.05) is 158 Å². The molecule has 3 radical (unpaired) electrons. The summed E-state index contributed by atoms with van der Waals surface area (Å²) >= 11 is 0.